The molecule has 0 spiro atoms. The molecule has 1 aromatic rings. The van der Waals surface area contributed by atoms with Gasteiger partial charge >= 0.3 is 5.97 Å². The van der Waals surface area contributed by atoms with Gasteiger partial charge in [0.25, 0.3) is 0 Å². The predicted octanol–water partition coefficient (Wildman–Crippen LogP) is 3.45. The van der Waals surface area contributed by atoms with Crippen molar-refractivity contribution < 1.29 is 9.90 Å². The maximum absolute atomic E-state index is 10.8. The van der Waals surface area contributed by atoms with Gasteiger partial charge in [-0.3, -0.25) is 4.79 Å². The summed E-state index contributed by atoms with van der Waals surface area (Å²) in [5.41, 5.74) is 0. The number of rotatable bonds is 4. The summed E-state index contributed by atoms with van der Waals surface area (Å²) in [5, 5.41) is 9.58. The molecule has 0 aliphatic rings. The van der Waals surface area contributed by atoms with Crippen molar-refractivity contribution >= 4 is 45.3 Å². The highest BCUT2D eigenvalue weighted by Gasteiger charge is 2.18. The molecule has 0 aromatic carbocycles. The van der Waals surface area contributed by atoms with Crippen LogP contribution < -0.4 is 0 Å². The number of carboxylic acids is 1. The molecular formula is C9H9BrClNO2S. The summed E-state index contributed by atoms with van der Waals surface area (Å²) in [5.74, 6) is -0.828. The van der Waals surface area contributed by atoms with Crippen molar-refractivity contribution in [3.8, 4) is 0 Å². The molecule has 0 amide bonds. The van der Waals surface area contributed by atoms with E-state index in [1.807, 2.05) is 6.92 Å². The molecular weight excluding hydrogens is 302 g/mol. The number of thioether (sulfide) groups is 1. The minimum atomic E-state index is -0.828. The number of aromatic nitrogens is 1. The van der Waals surface area contributed by atoms with E-state index in [0.717, 1.165) is 4.47 Å². The summed E-state index contributed by atoms with van der Waals surface area (Å²) >= 11 is 10.2. The van der Waals surface area contributed by atoms with Crippen molar-refractivity contribution in [1.29, 1.82) is 0 Å². The van der Waals surface area contributed by atoms with Crippen LogP contribution in [0.4, 0.5) is 0 Å². The van der Waals surface area contributed by atoms with E-state index in [1.165, 1.54) is 18.0 Å². The molecule has 0 saturated heterocycles. The van der Waals surface area contributed by atoms with Crippen molar-refractivity contribution in [3.63, 3.8) is 0 Å². The Labute approximate surface area is 105 Å². The molecule has 0 radical (unpaired) electrons. The van der Waals surface area contributed by atoms with Crippen molar-refractivity contribution in [2.24, 2.45) is 0 Å². The van der Waals surface area contributed by atoms with Crippen LogP contribution in [-0.2, 0) is 4.79 Å². The Kier molecular flexibility index (Phi) is 4.89. The van der Waals surface area contributed by atoms with Crippen LogP contribution in [0.25, 0.3) is 0 Å². The maximum Gasteiger partial charge on any atom is 0.317 e. The first kappa shape index (κ1) is 12.8. The van der Waals surface area contributed by atoms with E-state index in [-0.39, 0.29) is 0 Å². The SMILES string of the molecule is CCC(Sc1ncc(Cl)cc1Br)C(=O)O. The highest BCUT2D eigenvalue weighted by Crippen LogP contribution is 2.31. The van der Waals surface area contributed by atoms with Gasteiger partial charge < -0.3 is 5.11 Å². The Balaban J connectivity index is 2.84. The molecule has 3 nitrogen and oxygen atoms in total. The topological polar surface area (TPSA) is 50.2 Å². The minimum absolute atomic E-state index is 0.477. The Hall–Kier alpha value is -0.260. The average Bonchev–Trinajstić information content (AvgIpc) is 2.16. The fourth-order valence-electron chi connectivity index (χ4n) is 0.932. The first-order chi connectivity index (χ1) is 7.04. The number of aliphatic carboxylic acids is 1. The zero-order chi connectivity index (χ0) is 11.4. The maximum atomic E-state index is 10.8. The summed E-state index contributed by atoms with van der Waals surface area (Å²) in [6.45, 7) is 1.83. The van der Waals surface area contributed by atoms with Crippen molar-refractivity contribution in [1.82, 2.24) is 4.98 Å². The molecule has 1 unspecified atom stereocenters. The predicted molar refractivity (Wildman–Crippen MR) is 64.5 cm³/mol. The molecule has 0 aliphatic heterocycles. The zero-order valence-electron chi connectivity index (χ0n) is 7.91. The van der Waals surface area contributed by atoms with Gasteiger partial charge in [0.15, 0.2) is 0 Å². The highest BCUT2D eigenvalue weighted by molar-refractivity contribution is 9.10. The third-order valence-electron chi connectivity index (χ3n) is 1.67. The normalized spacial score (nSPS) is 12.5. The number of hydrogen-bond donors (Lipinski definition) is 1. The first-order valence-electron chi connectivity index (χ1n) is 4.25. The average molecular weight is 311 g/mol. The van der Waals surface area contributed by atoms with Crippen LogP contribution in [0.3, 0.4) is 0 Å². The second-order valence-electron chi connectivity index (χ2n) is 2.79. The Morgan fingerprint density at radius 1 is 1.80 bits per heavy atom. The van der Waals surface area contributed by atoms with Gasteiger partial charge in [-0.2, -0.15) is 0 Å². The molecule has 1 heterocycles. The van der Waals surface area contributed by atoms with Crippen molar-refractivity contribution in [3.05, 3.63) is 21.8 Å². The van der Waals surface area contributed by atoms with Gasteiger partial charge in [-0.25, -0.2) is 4.98 Å². The number of carboxylic acid groups (broad SMARTS) is 1. The van der Waals surface area contributed by atoms with Gasteiger partial charge in [0.05, 0.1) is 9.50 Å². The van der Waals surface area contributed by atoms with E-state index in [2.05, 4.69) is 20.9 Å². The number of pyridine rings is 1. The monoisotopic (exact) mass is 309 g/mol. The van der Waals surface area contributed by atoms with E-state index >= 15 is 0 Å². The number of hydrogen-bond acceptors (Lipinski definition) is 3. The van der Waals surface area contributed by atoms with E-state index in [0.29, 0.717) is 16.5 Å². The highest BCUT2D eigenvalue weighted by atomic mass is 79.9. The van der Waals surface area contributed by atoms with Crippen molar-refractivity contribution in [2.75, 3.05) is 0 Å². The lowest BCUT2D eigenvalue weighted by atomic mass is 10.3. The summed E-state index contributed by atoms with van der Waals surface area (Å²) < 4.78 is 0.722. The minimum Gasteiger partial charge on any atom is -0.480 e. The van der Waals surface area contributed by atoms with Gasteiger partial charge in [-0.15, -0.1) is 0 Å². The van der Waals surface area contributed by atoms with Crippen LogP contribution in [0.15, 0.2) is 21.8 Å². The van der Waals surface area contributed by atoms with Gasteiger partial charge in [-0.1, -0.05) is 30.3 Å². The Morgan fingerprint density at radius 3 is 2.93 bits per heavy atom. The van der Waals surface area contributed by atoms with Gasteiger partial charge in [0.2, 0.25) is 0 Å². The summed E-state index contributed by atoms with van der Waals surface area (Å²) in [6, 6.07) is 1.70. The summed E-state index contributed by atoms with van der Waals surface area (Å²) in [7, 11) is 0. The zero-order valence-corrected chi connectivity index (χ0v) is 11.1. The number of halogens is 2. The second kappa shape index (κ2) is 5.72. The van der Waals surface area contributed by atoms with Crippen LogP contribution in [0.1, 0.15) is 13.3 Å². The fraction of sp³-hybridized carbons (Fsp3) is 0.333. The molecule has 1 aromatic heterocycles. The largest absolute Gasteiger partial charge is 0.480 e. The molecule has 0 aliphatic carbocycles. The summed E-state index contributed by atoms with van der Waals surface area (Å²) in [4.78, 5) is 14.9. The lowest BCUT2D eigenvalue weighted by Crippen LogP contribution is -2.15. The molecule has 0 saturated carbocycles. The molecule has 6 heteroatoms. The molecule has 1 atom stereocenters. The van der Waals surface area contributed by atoms with Crippen molar-refractivity contribution in [2.45, 2.75) is 23.6 Å². The van der Waals surface area contributed by atoms with E-state index in [4.69, 9.17) is 16.7 Å². The van der Waals surface area contributed by atoms with Crippen LogP contribution in [-0.4, -0.2) is 21.3 Å². The van der Waals surface area contributed by atoms with Crippen LogP contribution in [0.2, 0.25) is 5.02 Å². The first-order valence-corrected chi connectivity index (χ1v) is 6.30. The van der Waals surface area contributed by atoms with Gasteiger partial charge in [-0.05, 0) is 28.4 Å². The quantitative estimate of drug-likeness (QED) is 0.865. The molecule has 15 heavy (non-hydrogen) atoms. The molecule has 0 fully saturated rings. The smallest absolute Gasteiger partial charge is 0.317 e. The Morgan fingerprint density at radius 2 is 2.47 bits per heavy atom. The molecule has 1 N–H and O–H groups in total. The standard InChI is InChI=1S/C9H9BrClNO2S/c1-2-7(9(13)14)15-8-6(10)3-5(11)4-12-8/h3-4,7H,2H2,1H3,(H,13,14). The lowest BCUT2D eigenvalue weighted by molar-refractivity contribution is -0.136. The number of carbonyl (C=O) groups is 1. The van der Waals surface area contributed by atoms with E-state index in [1.54, 1.807) is 6.07 Å². The third-order valence-corrected chi connectivity index (χ3v) is 4.12. The van der Waals surface area contributed by atoms with Crippen LogP contribution in [0, 0.1) is 0 Å². The molecule has 82 valence electrons. The number of nitrogens with zero attached hydrogens (tertiary/aromatic N) is 1. The van der Waals surface area contributed by atoms with E-state index < -0.39 is 11.2 Å². The van der Waals surface area contributed by atoms with Gasteiger partial charge in [0, 0.05) is 6.20 Å². The molecule has 1 rings (SSSR count). The Bertz CT molecular complexity index is 375. The van der Waals surface area contributed by atoms with Gasteiger partial charge in [0.1, 0.15) is 10.3 Å². The van der Waals surface area contributed by atoms with E-state index in [9.17, 15) is 4.79 Å². The lowest BCUT2D eigenvalue weighted by Gasteiger charge is -2.09. The fourth-order valence-corrected chi connectivity index (χ4v) is 2.67. The molecule has 0 bridgehead atoms. The van der Waals surface area contributed by atoms with Crippen LogP contribution >= 0.6 is 39.3 Å². The third kappa shape index (κ3) is 3.66. The second-order valence-corrected chi connectivity index (χ2v) is 5.28. The van der Waals surface area contributed by atoms with Crippen LogP contribution in [0.5, 0.6) is 0 Å². The summed E-state index contributed by atoms with van der Waals surface area (Å²) in [6.07, 6.45) is 2.06.